The van der Waals surface area contributed by atoms with E-state index in [1.807, 2.05) is 6.07 Å². The van der Waals surface area contributed by atoms with Crippen molar-refractivity contribution in [1.82, 2.24) is 4.98 Å². The molecule has 0 aliphatic heterocycles. The molecule has 1 heterocycles. The second-order valence-electron chi connectivity index (χ2n) is 4.36. The van der Waals surface area contributed by atoms with Gasteiger partial charge in [0.1, 0.15) is 5.82 Å². The predicted molar refractivity (Wildman–Crippen MR) is 85.1 cm³/mol. The molecule has 0 saturated heterocycles. The quantitative estimate of drug-likeness (QED) is 0.618. The number of nitrogens with zero attached hydrogens (tertiary/aromatic N) is 1. The van der Waals surface area contributed by atoms with E-state index in [-0.39, 0.29) is 11.6 Å². The van der Waals surface area contributed by atoms with Crippen molar-refractivity contribution >= 4 is 33.0 Å². The number of ketones is 1. The first-order valence-electron chi connectivity index (χ1n) is 6.16. The van der Waals surface area contributed by atoms with Gasteiger partial charge in [-0.05, 0) is 18.2 Å². The molecule has 0 amide bonds. The van der Waals surface area contributed by atoms with E-state index in [0.717, 1.165) is 0 Å². The van der Waals surface area contributed by atoms with Gasteiger partial charge < -0.3 is 0 Å². The Balaban J connectivity index is 1.95. The number of thiazole rings is 1. The summed E-state index contributed by atoms with van der Waals surface area (Å²) in [7, 11) is 0. The molecular formula is C16H9BrFNOS. The monoisotopic (exact) mass is 361 g/mol. The number of hydrogen-bond donors (Lipinski definition) is 0. The first-order valence-corrected chi connectivity index (χ1v) is 7.83. The third-order valence-electron chi connectivity index (χ3n) is 2.94. The van der Waals surface area contributed by atoms with Crippen LogP contribution >= 0.6 is 27.3 Å². The van der Waals surface area contributed by atoms with Crippen LogP contribution in [0.5, 0.6) is 0 Å². The molecule has 2 nitrogen and oxygen atoms in total. The Bertz CT molecular complexity index is 801. The van der Waals surface area contributed by atoms with Crippen LogP contribution in [-0.4, -0.2) is 10.8 Å². The molecule has 5 heteroatoms. The van der Waals surface area contributed by atoms with Crippen molar-refractivity contribution in [3.63, 3.8) is 0 Å². The molecule has 1 aromatic heterocycles. The lowest BCUT2D eigenvalue weighted by Gasteiger charge is -2.00. The highest BCUT2D eigenvalue weighted by Gasteiger charge is 2.15. The van der Waals surface area contributed by atoms with Gasteiger partial charge >= 0.3 is 0 Å². The zero-order valence-corrected chi connectivity index (χ0v) is 13.1. The number of aromatic nitrogens is 1. The second-order valence-corrected chi connectivity index (χ2v) is 6.13. The molecular weight excluding hydrogens is 353 g/mol. The van der Waals surface area contributed by atoms with E-state index in [2.05, 4.69) is 20.9 Å². The summed E-state index contributed by atoms with van der Waals surface area (Å²) in [5.41, 5.74) is 1.44. The Hall–Kier alpha value is -1.85. The average Bonchev–Trinajstić information content (AvgIpc) is 2.97. The van der Waals surface area contributed by atoms with Crippen LogP contribution in [0.1, 0.15) is 15.4 Å². The summed E-state index contributed by atoms with van der Waals surface area (Å²) >= 11 is 4.44. The molecule has 3 rings (SSSR count). The lowest BCUT2D eigenvalue weighted by Crippen LogP contribution is -2.00. The SMILES string of the molecule is O=C(c1ccccc1)c1nc(-c2ccc(Br)cc2F)cs1. The zero-order chi connectivity index (χ0) is 14.8. The minimum atomic E-state index is -0.367. The Kier molecular flexibility index (Phi) is 3.94. The Labute approximate surface area is 133 Å². The van der Waals surface area contributed by atoms with Crippen LogP contribution in [0.25, 0.3) is 11.3 Å². The van der Waals surface area contributed by atoms with E-state index >= 15 is 0 Å². The fourth-order valence-electron chi connectivity index (χ4n) is 1.91. The highest BCUT2D eigenvalue weighted by atomic mass is 79.9. The van der Waals surface area contributed by atoms with E-state index in [4.69, 9.17) is 0 Å². The molecule has 0 radical (unpaired) electrons. The van der Waals surface area contributed by atoms with Crippen LogP contribution < -0.4 is 0 Å². The summed E-state index contributed by atoms with van der Waals surface area (Å²) in [6.07, 6.45) is 0. The third-order valence-corrected chi connectivity index (χ3v) is 4.28. The molecule has 0 N–H and O–H groups in total. The number of carbonyl (C=O) groups is 1. The van der Waals surface area contributed by atoms with Gasteiger partial charge in [0.05, 0.1) is 5.69 Å². The maximum atomic E-state index is 13.9. The van der Waals surface area contributed by atoms with Crippen molar-refractivity contribution in [3.8, 4) is 11.3 Å². The second kappa shape index (κ2) is 5.87. The van der Waals surface area contributed by atoms with Gasteiger partial charge in [0.15, 0.2) is 5.01 Å². The molecule has 3 aromatic rings. The van der Waals surface area contributed by atoms with Gasteiger partial charge in [-0.15, -0.1) is 11.3 Å². The minimum Gasteiger partial charge on any atom is -0.286 e. The molecule has 0 spiro atoms. The van der Waals surface area contributed by atoms with E-state index in [1.165, 1.54) is 17.4 Å². The predicted octanol–water partition coefficient (Wildman–Crippen LogP) is 4.94. The summed E-state index contributed by atoms with van der Waals surface area (Å²) in [6, 6.07) is 13.7. The fourth-order valence-corrected chi connectivity index (χ4v) is 3.02. The molecule has 0 unspecified atom stereocenters. The van der Waals surface area contributed by atoms with Crippen LogP contribution in [0.2, 0.25) is 0 Å². The highest BCUT2D eigenvalue weighted by molar-refractivity contribution is 9.10. The fraction of sp³-hybridized carbons (Fsp3) is 0. The average molecular weight is 362 g/mol. The van der Waals surface area contributed by atoms with Gasteiger partial charge in [-0.2, -0.15) is 0 Å². The van der Waals surface area contributed by atoms with Crippen LogP contribution in [0.4, 0.5) is 4.39 Å². The molecule has 0 saturated carbocycles. The van der Waals surface area contributed by atoms with Crippen molar-refractivity contribution in [2.45, 2.75) is 0 Å². The topological polar surface area (TPSA) is 30.0 Å². The lowest BCUT2D eigenvalue weighted by atomic mass is 10.1. The van der Waals surface area contributed by atoms with Crippen LogP contribution in [-0.2, 0) is 0 Å². The van der Waals surface area contributed by atoms with E-state index in [9.17, 15) is 9.18 Å². The molecule has 0 aliphatic rings. The van der Waals surface area contributed by atoms with Crippen LogP contribution in [0.3, 0.4) is 0 Å². The standard InChI is InChI=1S/C16H9BrFNOS/c17-11-6-7-12(13(18)8-11)14-9-21-16(19-14)15(20)10-4-2-1-3-5-10/h1-9H. The minimum absolute atomic E-state index is 0.149. The first kappa shape index (κ1) is 14.1. The molecule has 0 aliphatic carbocycles. The van der Waals surface area contributed by atoms with Gasteiger partial charge in [-0.1, -0.05) is 46.3 Å². The van der Waals surface area contributed by atoms with Crippen LogP contribution in [0.15, 0.2) is 58.4 Å². The third kappa shape index (κ3) is 2.94. The first-order chi connectivity index (χ1) is 10.1. The number of rotatable bonds is 3. The molecule has 2 aromatic carbocycles. The van der Waals surface area contributed by atoms with Gasteiger partial charge in [0.25, 0.3) is 0 Å². The maximum absolute atomic E-state index is 13.9. The lowest BCUT2D eigenvalue weighted by molar-refractivity contribution is 0.103. The van der Waals surface area contributed by atoms with E-state index in [0.29, 0.717) is 26.3 Å². The molecule has 0 fully saturated rings. The number of carbonyl (C=O) groups excluding carboxylic acids is 1. The van der Waals surface area contributed by atoms with Crippen molar-refractivity contribution in [2.24, 2.45) is 0 Å². The van der Waals surface area contributed by atoms with Crippen molar-refractivity contribution < 1.29 is 9.18 Å². The normalized spacial score (nSPS) is 10.6. The Morgan fingerprint density at radius 2 is 1.90 bits per heavy atom. The number of hydrogen-bond acceptors (Lipinski definition) is 3. The van der Waals surface area contributed by atoms with Gasteiger partial charge in [-0.3, -0.25) is 4.79 Å². The van der Waals surface area contributed by atoms with E-state index in [1.54, 1.807) is 41.8 Å². The van der Waals surface area contributed by atoms with E-state index < -0.39 is 0 Å². The summed E-state index contributed by atoms with van der Waals surface area (Å²) < 4.78 is 14.6. The molecule has 0 bridgehead atoms. The summed E-state index contributed by atoms with van der Waals surface area (Å²) in [6.45, 7) is 0. The molecule has 104 valence electrons. The van der Waals surface area contributed by atoms with Crippen molar-refractivity contribution in [2.75, 3.05) is 0 Å². The zero-order valence-electron chi connectivity index (χ0n) is 10.7. The summed E-state index contributed by atoms with van der Waals surface area (Å²) in [5, 5.41) is 2.06. The largest absolute Gasteiger partial charge is 0.286 e. The van der Waals surface area contributed by atoms with Crippen molar-refractivity contribution in [3.05, 3.63) is 74.8 Å². The maximum Gasteiger partial charge on any atom is 0.221 e. The molecule has 0 atom stereocenters. The smallest absolute Gasteiger partial charge is 0.221 e. The van der Waals surface area contributed by atoms with Crippen molar-refractivity contribution in [1.29, 1.82) is 0 Å². The number of benzene rings is 2. The number of halogens is 2. The Morgan fingerprint density at radius 3 is 2.62 bits per heavy atom. The highest BCUT2D eigenvalue weighted by Crippen LogP contribution is 2.27. The van der Waals surface area contributed by atoms with Gasteiger partial charge in [0, 0.05) is 21.0 Å². The van der Waals surface area contributed by atoms with Gasteiger partial charge in [0.2, 0.25) is 5.78 Å². The van der Waals surface area contributed by atoms with Crippen LogP contribution in [0, 0.1) is 5.82 Å². The van der Waals surface area contributed by atoms with Gasteiger partial charge in [-0.25, -0.2) is 9.37 Å². The molecule has 21 heavy (non-hydrogen) atoms. The summed E-state index contributed by atoms with van der Waals surface area (Å²) in [5.74, 6) is -0.516. The summed E-state index contributed by atoms with van der Waals surface area (Å²) in [4.78, 5) is 16.5. The Morgan fingerprint density at radius 1 is 1.14 bits per heavy atom.